The molecular weight excluding hydrogens is 294 g/mol. The minimum absolute atomic E-state index is 0.0288. The molecule has 3 heterocycles. The molecule has 0 radical (unpaired) electrons. The van der Waals surface area contributed by atoms with E-state index in [1.54, 1.807) is 0 Å². The van der Waals surface area contributed by atoms with Gasteiger partial charge >= 0.3 is 11.9 Å². The van der Waals surface area contributed by atoms with E-state index in [-0.39, 0.29) is 23.7 Å². The Balaban J connectivity index is 1.65. The van der Waals surface area contributed by atoms with Crippen molar-refractivity contribution in [2.24, 2.45) is 35.0 Å². The summed E-state index contributed by atoms with van der Waals surface area (Å²) < 4.78 is 0. The standard InChI is InChI=1S/C18H25NO4/c20-16(21)14-2-1-12-9-18(17(22)23,6-3-13(12)14)15-10-19-7-4-11(15)5-8-19/h3,6,11-15H,1-2,4-5,7-10H2,(H,20,21)(H,22,23). The zero-order valence-corrected chi connectivity index (χ0v) is 13.4. The van der Waals surface area contributed by atoms with Crippen LogP contribution in [0.1, 0.15) is 32.1 Å². The Morgan fingerprint density at radius 3 is 2.35 bits per heavy atom. The van der Waals surface area contributed by atoms with Gasteiger partial charge < -0.3 is 15.1 Å². The molecule has 1 saturated carbocycles. The van der Waals surface area contributed by atoms with Gasteiger partial charge in [0.1, 0.15) is 0 Å². The number of aliphatic carboxylic acids is 2. The Kier molecular flexibility index (Phi) is 3.52. The van der Waals surface area contributed by atoms with E-state index in [1.807, 2.05) is 12.2 Å². The number of carboxylic acid groups (broad SMARTS) is 2. The Morgan fingerprint density at radius 2 is 1.78 bits per heavy atom. The van der Waals surface area contributed by atoms with E-state index in [4.69, 9.17) is 0 Å². The quantitative estimate of drug-likeness (QED) is 0.779. The second kappa shape index (κ2) is 5.33. The molecule has 4 fully saturated rings. The number of rotatable bonds is 3. The summed E-state index contributed by atoms with van der Waals surface area (Å²) in [5, 5.41) is 19.4. The molecule has 5 nitrogen and oxygen atoms in total. The van der Waals surface area contributed by atoms with Gasteiger partial charge in [0.2, 0.25) is 0 Å². The normalized spacial score (nSPS) is 48.2. The van der Waals surface area contributed by atoms with Crippen LogP contribution in [-0.2, 0) is 9.59 Å². The third-order valence-corrected chi connectivity index (χ3v) is 7.11. The molecular formula is C18H25NO4. The monoisotopic (exact) mass is 319 g/mol. The Morgan fingerprint density at radius 1 is 1.04 bits per heavy atom. The van der Waals surface area contributed by atoms with E-state index in [0.717, 1.165) is 38.9 Å². The first-order valence-corrected chi connectivity index (χ1v) is 8.89. The maximum Gasteiger partial charge on any atom is 0.313 e. The van der Waals surface area contributed by atoms with Gasteiger partial charge in [-0.25, -0.2) is 0 Å². The number of carbonyl (C=O) groups is 2. The number of fused-ring (bicyclic) bond motifs is 4. The van der Waals surface area contributed by atoms with Crippen LogP contribution in [0.25, 0.3) is 0 Å². The van der Waals surface area contributed by atoms with E-state index in [9.17, 15) is 19.8 Å². The van der Waals surface area contributed by atoms with Crippen LogP contribution >= 0.6 is 0 Å². The van der Waals surface area contributed by atoms with E-state index in [0.29, 0.717) is 18.8 Å². The van der Waals surface area contributed by atoms with Gasteiger partial charge in [-0.3, -0.25) is 9.59 Å². The van der Waals surface area contributed by atoms with Gasteiger partial charge in [0.15, 0.2) is 0 Å². The summed E-state index contributed by atoms with van der Waals surface area (Å²) >= 11 is 0. The van der Waals surface area contributed by atoms with Crippen molar-refractivity contribution in [1.29, 1.82) is 0 Å². The maximum atomic E-state index is 12.3. The molecule has 2 bridgehead atoms. The van der Waals surface area contributed by atoms with Gasteiger partial charge in [0.05, 0.1) is 11.3 Å². The summed E-state index contributed by atoms with van der Waals surface area (Å²) in [5.41, 5.74) is -0.779. The van der Waals surface area contributed by atoms with Crippen molar-refractivity contribution < 1.29 is 19.8 Å². The van der Waals surface area contributed by atoms with Crippen molar-refractivity contribution in [3.05, 3.63) is 12.2 Å². The zero-order chi connectivity index (χ0) is 16.2. The number of hydrogen-bond donors (Lipinski definition) is 2. The Bertz CT molecular complexity index is 551. The van der Waals surface area contributed by atoms with Gasteiger partial charge in [-0.15, -0.1) is 0 Å². The molecule has 2 N–H and O–H groups in total. The first-order chi connectivity index (χ1) is 11.0. The second-order valence-electron chi connectivity index (χ2n) is 8.01. The molecule has 5 heteroatoms. The summed E-state index contributed by atoms with van der Waals surface area (Å²) in [6, 6.07) is 0. The fourth-order valence-corrected chi connectivity index (χ4v) is 5.85. The average Bonchev–Trinajstić information content (AvgIpc) is 2.98. The van der Waals surface area contributed by atoms with Gasteiger partial charge in [0.25, 0.3) is 0 Å². The van der Waals surface area contributed by atoms with Crippen molar-refractivity contribution in [3.63, 3.8) is 0 Å². The highest BCUT2D eigenvalue weighted by Crippen LogP contribution is 2.54. The lowest BCUT2D eigenvalue weighted by molar-refractivity contribution is -0.156. The fourth-order valence-electron chi connectivity index (χ4n) is 5.85. The highest BCUT2D eigenvalue weighted by Gasteiger charge is 2.55. The SMILES string of the molecule is O=C(O)C1CCC2CC(C(=O)O)(C3CN4CCC3CC4)C=CC21. The average molecular weight is 319 g/mol. The molecule has 0 aromatic heterocycles. The summed E-state index contributed by atoms with van der Waals surface area (Å²) in [6.45, 7) is 3.10. The molecule has 126 valence electrons. The molecule has 3 aliphatic heterocycles. The summed E-state index contributed by atoms with van der Waals surface area (Å²) in [6.07, 6.45) is 8.23. The second-order valence-corrected chi connectivity index (χ2v) is 8.01. The molecule has 5 rings (SSSR count). The minimum Gasteiger partial charge on any atom is -0.481 e. The summed E-state index contributed by atoms with van der Waals surface area (Å²) in [7, 11) is 0. The van der Waals surface area contributed by atoms with E-state index in [1.165, 1.54) is 0 Å². The lowest BCUT2D eigenvalue weighted by atomic mass is 9.58. The van der Waals surface area contributed by atoms with Gasteiger partial charge in [-0.05, 0) is 68.9 Å². The molecule has 2 aliphatic carbocycles. The number of allylic oxidation sites excluding steroid dienone is 1. The molecule has 0 aromatic rings. The van der Waals surface area contributed by atoms with Crippen LogP contribution in [0, 0.1) is 35.0 Å². The lowest BCUT2D eigenvalue weighted by Gasteiger charge is -2.52. The van der Waals surface area contributed by atoms with Crippen LogP contribution in [0.2, 0.25) is 0 Å². The number of piperidine rings is 3. The van der Waals surface area contributed by atoms with Crippen LogP contribution in [0.4, 0.5) is 0 Å². The minimum atomic E-state index is -0.779. The molecule has 0 spiro atoms. The summed E-state index contributed by atoms with van der Waals surface area (Å²) in [5.74, 6) is -0.821. The molecule has 5 atom stereocenters. The third kappa shape index (κ3) is 2.24. The highest BCUT2D eigenvalue weighted by atomic mass is 16.4. The fraction of sp³-hybridized carbons (Fsp3) is 0.778. The largest absolute Gasteiger partial charge is 0.481 e. The molecule has 0 aromatic carbocycles. The molecule has 0 amide bonds. The Labute approximate surface area is 136 Å². The highest BCUT2D eigenvalue weighted by molar-refractivity contribution is 5.78. The van der Waals surface area contributed by atoms with Crippen molar-refractivity contribution in [2.75, 3.05) is 19.6 Å². The molecule has 5 unspecified atom stereocenters. The predicted octanol–water partition coefficient (Wildman–Crippen LogP) is 2.09. The van der Waals surface area contributed by atoms with E-state index in [2.05, 4.69) is 4.90 Å². The first kappa shape index (κ1) is 15.2. The van der Waals surface area contributed by atoms with Gasteiger partial charge in [-0.1, -0.05) is 12.2 Å². The molecule has 3 saturated heterocycles. The number of hydrogen-bond acceptors (Lipinski definition) is 3. The van der Waals surface area contributed by atoms with Crippen LogP contribution in [0.5, 0.6) is 0 Å². The van der Waals surface area contributed by atoms with E-state index >= 15 is 0 Å². The van der Waals surface area contributed by atoms with Gasteiger partial charge in [0, 0.05) is 6.54 Å². The molecule has 23 heavy (non-hydrogen) atoms. The lowest BCUT2D eigenvalue weighted by Crippen LogP contribution is -2.56. The van der Waals surface area contributed by atoms with E-state index < -0.39 is 17.4 Å². The Hall–Kier alpha value is -1.36. The molecule has 5 aliphatic rings. The first-order valence-electron chi connectivity index (χ1n) is 8.89. The number of carboxylic acids is 2. The predicted molar refractivity (Wildman–Crippen MR) is 83.8 cm³/mol. The van der Waals surface area contributed by atoms with Crippen LogP contribution in [-0.4, -0.2) is 46.7 Å². The number of nitrogens with zero attached hydrogens (tertiary/aromatic N) is 1. The van der Waals surface area contributed by atoms with Crippen molar-refractivity contribution in [1.82, 2.24) is 4.90 Å². The van der Waals surface area contributed by atoms with Crippen LogP contribution in [0.3, 0.4) is 0 Å². The zero-order valence-electron chi connectivity index (χ0n) is 13.4. The van der Waals surface area contributed by atoms with Crippen molar-refractivity contribution in [2.45, 2.75) is 32.1 Å². The van der Waals surface area contributed by atoms with Crippen molar-refractivity contribution in [3.8, 4) is 0 Å². The van der Waals surface area contributed by atoms with Gasteiger partial charge in [-0.2, -0.15) is 0 Å². The smallest absolute Gasteiger partial charge is 0.313 e. The maximum absolute atomic E-state index is 12.3. The van der Waals surface area contributed by atoms with Crippen LogP contribution in [0.15, 0.2) is 12.2 Å². The van der Waals surface area contributed by atoms with Crippen LogP contribution < -0.4 is 0 Å². The third-order valence-electron chi connectivity index (χ3n) is 7.11. The van der Waals surface area contributed by atoms with Crippen molar-refractivity contribution >= 4 is 11.9 Å². The summed E-state index contributed by atoms with van der Waals surface area (Å²) in [4.78, 5) is 26.1. The topological polar surface area (TPSA) is 77.8 Å².